The Morgan fingerprint density at radius 3 is 2.52 bits per heavy atom. The van der Waals surface area contributed by atoms with E-state index in [-0.39, 0.29) is 11.4 Å². The van der Waals surface area contributed by atoms with Crippen LogP contribution in [-0.4, -0.2) is 16.4 Å². The Kier molecular flexibility index (Phi) is 4.63. The maximum absolute atomic E-state index is 12.1. The van der Waals surface area contributed by atoms with Crippen molar-refractivity contribution >= 4 is 33.3 Å². The highest BCUT2D eigenvalue weighted by Gasteiger charge is 2.10. The Morgan fingerprint density at radius 2 is 1.95 bits per heavy atom. The Morgan fingerprint density at radius 1 is 1.19 bits per heavy atom. The molecule has 0 spiro atoms. The zero-order valence-electron chi connectivity index (χ0n) is 12.3. The Hall–Kier alpha value is -1.88. The fraction of sp³-hybridized carbons (Fsp3) is 0.250. The molecular formula is C16H18BrN3O. The number of hydrogen-bond acceptors (Lipinski definition) is 3. The molecule has 0 fully saturated rings. The van der Waals surface area contributed by atoms with E-state index in [1.807, 2.05) is 24.3 Å². The molecule has 110 valence electrons. The van der Waals surface area contributed by atoms with Gasteiger partial charge >= 0.3 is 0 Å². The Balaban J connectivity index is 2.05. The van der Waals surface area contributed by atoms with E-state index in [2.05, 4.69) is 52.3 Å². The van der Waals surface area contributed by atoms with E-state index in [4.69, 9.17) is 0 Å². The molecule has 1 aromatic heterocycles. The fourth-order valence-electron chi connectivity index (χ4n) is 1.76. The lowest BCUT2D eigenvalue weighted by molar-refractivity contribution is 0.102. The monoisotopic (exact) mass is 347 g/mol. The third-order valence-corrected chi connectivity index (χ3v) is 3.10. The lowest BCUT2D eigenvalue weighted by Crippen LogP contribution is -2.26. The molecule has 0 unspecified atom stereocenters. The number of benzene rings is 1. The first kappa shape index (κ1) is 15.5. The first-order valence-corrected chi connectivity index (χ1v) is 7.44. The number of nitrogens with one attached hydrogen (secondary N) is 2. The number of pyridine rings is 1. The molecule has 1 aromatic carbocycles. The number of halogens is 1. The zero-order valence-corrected chi connectivity index (χ0v) is 13.9. The summed E-state index contributed by atoms with van der Waals surface area (Å²) in [7, 11) is 0. The van der Waals surface area contributed by atoms with E-state index in [1.165, 1.54) is 0 Å². The molecule has 0 aliphatic heterocycles. The maximum Gasteiger partial charge on any atom is 0.255 e. The van der Waals surface area contributed by atoms with Crippen LogP contribution in [0.3, 0.4) is 0 Å². The summed E-state index contributed by atoms with van der Waals surface area (Å²) in [6.45, 7) is 6.20. The van der Waals surface area contributed by atoms with Crippen LogP contribution in [0.25, 0.3) is 0 Å². The van der Waals surface area contributed by atoms with Crippen LogP contribution in [-0.2, 0) is 0 Å². The lowest BCUT2D eigenvalue weighted by atomic mass is 10.1. The predicted molar refractivity (Wildman–Crippen MR) is 89.7 cm³/mol. The molecule has 0 saturated heterocycles. The van der Waals surface area contributed by atoms with Crippen LogP contribution in [0, 0.1) is 0 Å². The van der Waals surface area contributed by atoms with E-state index < -0.39 is 0 Å². The summed E-state index contributed by atoms with van der Waals surface area (Å²) in [5.41, 5.74) is 1.22. The number of amides is 1. The van der Waals surface area contributed by atoms with Gasteiger partial charge in [-0.25, -0.2) is 4.98 Å². The quantitative estimate of drug-likeness (QED) is 0.869. The van der Waals surface area contributed by atoms with E-state index in [1.54, 1.807) is 18.3 Å². The van der Waals surface area contributed by atoms with Gasteiger partial charge in [-0.2, -0.15) is 0 Å². The molecule has 0 saturated carbocycles. The van der Waals surface area contributed by atoms with Crippen LogP contribution in [0.5, 0.6) is 0 Å². The van der Waals surface area contributed by atoms with Crippen molar-refractivity contribution < 1.29 is 4.79 Å². The number of carbonyl (C=O) groups excluding carboxylic acids is 1. The van der Waals surface area contributed by atoms with Crippen molar-refractivity contribution in [3.8, 4) is 0 Å². The van der Waals surface area contributed by atoms with Crippen LogP contribution < -0.4 is 10.6 Å². The van der Waals surface area contributed by atoms with Gasteiger partial charge in [-0.1, -0.05) is 22.0 Å². The predicted octanol–water partition coefficient (Wildman–Crippen LogP) is 4.31. The molecule has 4 nitrogen and oxygen atoms in total. The first-order chi connectivity index (χ1) is 9.83. The molecule has 0 atom stereocenters. The summed E-state index contributed by atoms with van der Waals surface area (Å²) < 4.78 is 0.873. The van der Waals surface area contributed by atoms with Gasteiger partial charge in [0, 0.05) is 15.6 Å². The third-order valence-electron chi connectivity index (χ3n) is 2.61. The molecule has 0 aliphatic carbocycles. The highest BCUT2D eigenvalue weighted by Crippen LogP contribution is 2.16. The van der Waals surface area contributed by atoms with Crippen LogP contribution in [0.15, 0.2) is 47.1 Å². The van der Waals surface area contributed by atoms with Crippen LogP contribution in [0.2, 0.25) is 0 Å². The number of carbonyl (C=O) groups is 1. The first-order valence-electron chi connectivity index (χ1n) is 6.65. The average molecular weight is 348 g/mol. The van der Waals surface area contributed by atoms with Crippen molar-refractivity contribution in [1.29, 1.82) is 0 Å². The van der Waals surface area contributed by atoms with Crippen molar-refractivity contribution in [2.24, 2.45) is 0 Å². The molecule has 0 aliphatic rings. The van der Waals surface area contributed by atoms with Gasteiger partial charge in [0.25, 0.3) is 5.91 Å². The highest BCUT2D eigenvalue weighted by atomic mass is 79.9. The number of nitrogens with zero attached hydrogens (tertiary/aromatic N) is 1. The standard InChI is InChI=1S/C16H18BrN3O/c1-16(2,3)20-14-8-7-13(10-18-14)19-15(21)11-5-4-6-12(17)9-11/h4-10H,1-3H3,(H,18,20)(H,19,21). The van der Waals surface area contributed by atoms with Crippen molar-refractivity contribution in [2.45, 2.75) is 26.3 Å². The summed E-state index contributed by atoms with van der Waals surface area (Å²) in [6, 6.07) is 10.9. The third kappa shape index (κ3) is 4.86. The van der Waals surface area contributed by atoms with Gasteiger partial charge in [0.15, 0.2) is 0 Å². The average Bonchev–Trinajstić information content (AvgIpc) is 2.39. The molecule has 21 heavy (non-hydrogen) atoms. The van der Waals surface area contributed by atoms with Crippen molar-refractivity contribution in [3.05, 3.63) is 52.6 Å². The second-order valence-electron chi connectivity index (χ2n) is 5.77. The van der Waals surface area contributed by atoms with Crippen molar-refractivity contribution in [1.82, 2.24) is 4.98 Å². The smallest absolute Gasteiger partial charge is 0.255 e. The number of rotatable bonds is 3. The molecule has 2 rings (SSSR count). The summed E-state index contributed by atoms with van der Waals surface area (Å²) in [5.74, 6) is 0.623. The van der Waals surface area contributed by atoms with E-state index in [9.17, 15) is 4.79 Å². The summed E-state index contributed by atoms with van der Waals surface area (Å²) in [6.07, 6.45) is 1.64. The van der Waals surface area contributed by atoms with Gasteiger partial charge in [-0.05, 0) is 51.1 Å². The molecule has 2 aromatic rings. The van der Waals surface area contributed by atoms with E-state index in [0.29, 0.717) is 11.3 Å². The molecule has 5 heteroatoms. The minimum absolute atomic E-state index is 0.0475. The van der Waals surface area contributed by atoms with Crippen molar-refractivity contribution in [2.75, 3.05) is 10.6 Å². The van der Waals surface area contributed by atoms with Crippen LogP contribution in [0.1, 0.15) is 31.1 Å². The second kappa shape index (κ2) is 6.26. The van der Waals surface area contributed by atoms with E-state index in [0.717, 1.165) is 10.3 Å². The number of aromatic nitrogens is 1. The minimum Gasteiger partial charge on any atom is -0.365 e. The van der Waals surface area contributed by atoms with Crippen molar-refractivity contribution in [3.63, 3.8) is 0 Å². The largest absolute Gasteiger partial charge is 0.365 e. The number of anilines is 2. The Labute approximate surface area is 133 Å². The van der Waals surface area contributed by atoms with Gasteiger partial charge in [0.2, 0.25) is 0 Å². The Bertz CT molecular complexity index is 633. The molecule has 1 heterocycles. The molecule has 1 amide bonds. The molecule has 0 bridgehead atoms. The highest BCUT2D eigenvalue weighted by molar-refractivity contribution is 9.10. The second-order valence-corrected chi connectivity index (χ2v) is 6.69. The van der Waals surface area contributed by atoms with Gasteiger partial charge in [-0.3, -0.25) is 4.79 Å². The molecule has 0 radical (unpaired) electrons. The SMILES string of the molecule is CC(C)(C)Nc1ccc(NC(=O)c2cccc(Br)c2)cn1. The minimum atomic E-state index is -0.158. The summed E-state index contributed by atoms with van der Waals surface area (Å²) in [4.78, 5) is 16.4. The van der Waals surface area contributed by atoms with Gasteiger partial charge in [0.05, 0.1) is 11.9 Å². The molecular weight excluding hydrogens is 330 g/mol. The zero-order chi connectivity index (χ0) is 15.5. The van der Waals surface area contributed by atoms with Gasteiger partial charge in [0.1, 0.15) is 5.82 Å². The van der Waals surface area contributed by atoms with Crippen LogP contribution in [0.4, 0.5) is 11.5 Å². The van der Waals surface area contributed by atoms with Crippen LogP contribution >= 0.6 is 15.9 Å². The topological polar surface area (TPSA) is 54.0 Å². The van der Waals surface area contributed by atoms with Gasteiger partial charge in [-0.15, -0.1) is 0 Å². The molecule has 2 N–H and O–H groups in total. The maximum atomic E-state index is 12.1. The van der Waals surface area contributed by atoms with Gasteiger partial charge < -0.3 is 10.6 Å². The summed E-state index contributed by atoms with van der Waals surface area (Å²) >= 11 is 3.35. The van der Waals surface area contributed by atoms with E-state index >= 15 is 0 Å². The lowest BCUT2D eigenvalue weighted by Gasteiger charge is -2.21. The normalized spacial score (nSPS) is 11.0. The fourth-order valence-corrected chi connectivity index (χ4v) is 2.16. The summed E-state index contributed by atoms with van der Waals surface area (Å²) in [5, 5.41) is 6.10. The number of hydrogen-bond donors (Lipinski definition) is 2.